The fraction of sp³-hybridized carbons (Fsp3) is 0.294. The van der Waals surface area contributed by atoms with E-state index in [2.05, 4.69) is 22.8 Å². The van der Waals surface area contributed by atoms with Crippen molar-refractivity contribution < 1.29 is 9.59 Å². The molecule has 2 atom stereocenters. The summed E-state index contributed by atoms with van der Waals surface area (Å²) in [5.74, 6) is 0.626. The highest BCUT2D eigenvalue weighted by Gasteiger charge is 2.24. The van der Waals surface area contributed by atoms with E-state index in [1.54, 1.807) is 13.0 Å². The highest BCUT2D eigenvalue weighted by atomic mass is 32.2. The number of fused-ring (bicyclic) bond motifs is 1. The summed E-state index contributed by atoms with van der Waals surface area (Å²) in [5.41, 5.74) is 1.16. The molecular weight excluding hydrogens is 328 g/mol. The molecule has 1 aromatic carbocycles. The summed E-state index contributed by atoms with van der Waals surface area (Å²) in [6, 6.07) is 11.2. The largest absolute Gasteiger partial charge is 0.347 e. The van der Waals surface area contributed by atoms with E-state index < -0.39 is 6.04 Å². The number of nitrogens with one attached hydrogen (secondary N) is 2. The molecule has 0 aliphatic carbocycles. The molecular formula is C17H18N2O2S2. The number of carbonyl (C=O) groups excluding carboxylic acids is 2. The zero-order chi connectivity index (χ0) is 16.2. The van der Waals surface area contributed by atoms with Gasteiger partial charge in [0.05, 0.1) is 10.9 Å². The SMILES string of the molecule is C[C@H](NC(=O)c1cccs1)C(=O)N[C@H]1CCSc2ccccc21. The van der Waals surface area contributed by atoms with Gasteiger partial charge in [0.15, 0.2) is 0 Å². The van der Waals surface area contributed by atoms with Crippen molar-refractivity contribution >= 4 is 34.9 Å². The number of rotatable bonds is 4. The van der Waals surface area contributed by atoms with E-state index in [-0.39, 0.29) is 17.9 Å². The lowest BCUT2D eigenvalue weighted by atomic mass is 10.0. The summed E-state index contributed by atoms with van der Waals surface area (Å²) in [6.45, 7) is 1.71. The molecule has 0 spiro atoms. The second kappa shape index (κ2) is 7.19. The van der Waals surface area contributed by atoms with Gasteiger partial charge in [-0.1, -0.05) is 24.3 Å². The van der Waals surface area contributed by atoms with Gasteiger partial charge in [-0.25, -0.2) is 0 Å². The van der Waals surface area contributed by atoms with E-state index in [0.717, 1.165) is 17.7 Å². The van der Waals surface area contributed by atoms with Gasteiger partial charge >= 0.3 is 0 Å². The summed E-state index contributed by atoms with van der Waals surface area (Å²) in [5, 5.41) is 7.66. The van der Waals surface area contributed by atoms with Crippen molar-refractivity contribution in [3.8, 4) is 0 Å². The molecule has 23 heavy (non-hydrogen) atoms. The summed E-state index contributed by atoms with van der Waals surface area (Å²) in [7, 11) is 0. The zero-order valence-corrected chi connectivity index (χ0v) is 14.4. The molecule has 4 nitrogen and oxygen atoms in total. The molecule has 1 aliphatic rings. The van der Waals surface area contributed by atoms with Crippen molar-refractivity contribution in [1.29, 1.82) is 0 Å². The molecule has 6 heteroatoms. The number of benzene rings is 1. The normalized spacial score (nSPS) is 17.9. The van der Waals surface area contributed by atoms with E-state index in [1.165, 1.54) is 16.2 Å². The Labute approximate surface area is 143 Å². The molecule has 2 amide bonds. The third-order valence-corrected chi connectivity index (χ3v) is 5.75. The van der Waals surface area contributed by atoms with Crippen LogP contribution in [0.5, 0.6) is 0 Å². The fourth-order valence-electron chi connectivity index (χ4n) is 2.53. The Kier molecular flexibility index (Phi) is 5.03. The fourth-order valence-corrected chi connectivity index (χ4v) is 4.28. The minimum absolute atomic E-state index is 0.0149. The molecule has 2 heterocycles. The van der Waals surface area contributed by atoms with E-state index >= 15 is 0 Å². The van der Waals surface area contributed by atoms with Gasteiger partial charge in [0, 0.05) is 10.6 Å². The highest BCUT2D eigenvalue weighted by molar-refractivity contribution is 7.99. The molecule has 2 aromatic rings. The third kappa shape index (κ3) is 3.76. The first-order valence-electron chi connectivity index (χ1n) is 7.51. The van der Waals surface area contributed by atoms with Gasteiger partial charge in [0.25, 0.3) is 5.91 Å². The summed E-state index contributed by atoms with van der Waals surface area (Å²) < 4.78 is 0. The number of hydrogen-bond donors (Lipinski definition) is 2. The summed E-state index contributed by atoms with van der Waals surface area (Å²) >= 11 is 3.18. The smallest absolute Gasteiger partial charge is 0.261 e. The molecule has 0 radical (unpaired) electrons. The number of thioether (sulfide) groups is 1. The molecule has 1 aliphatic heterocycles. The Hall–Kier alpha value is -1.79. The first-order valence-corrected chi connectivity index (χ1v) is 9.38. The first kappa shape index (κ1) is 16.1. The van der Waals surface area contributed by atoms with Crippen LogP contribution in [-0.2, 0) is 4.79 Å². The molecule has 1 aromatic heterocycles. The van der Waals surface area contributed by atoms with E-state index in [9.17, 15) is 9.59 Å². The zero-order valence-electron chi connectivity index (χ0n) is 12.7. The molecule has 0 saturated heterocycles. The Morgan fingerprint density at radius 2 is 2.04 bits per heavy atom. The van der Waals surface area contributed by atoms with Crippen molar-refractivity contribution in [2.24, 2.45) is 0 Å². The molecule has 0 fully saturated rings. The van der Waals surface area contributed by atoms with Crippen LogP contribution in [0.25, 0.3) is 0 Å². The minimum Gasteiger partial charge on any atom is -0.347 e. The lowest BCUT2D eigenvalue weighted by molar-refractivity contribution is -0.123. The Balaban J connectivity index is 1.62. The molecule has 120 valence electrons. The third-order valence-electron chi connectivity index (χ3n) is 3.76. The predicted molar refractivity (Wildman–Crippen MR) is 93.9 cm³/mol. The van der Waals surface area contributed by atoms with Gasteiger partial charge in [-0.15, -0.1) is 23.1 Å². The lowest BCUT2D eigenvalue weighted by Gasteiger charge is -2.27. The average Bonchev–Trinajstić information content (AvgIpc) is 3.09. The van der Waals surface area contributed by atoms with Gasteiger partial charge in [-0.3, -0.25) is 9.59 Å². The summed E-state index contributed by atoms with van der Waals surface area (Å²) in [4.78, 5) is 26.3. The van der Waals surface area contributed by atoms with E-state index in [1.807, 2.05) is 35.3 Å². The first-order chi connectivity index (χ1) is 11.1. The van der Waals surface area contributed by atoms with Crippen molar-refractivity contribution in [2.45, 2.75) is 30.3 Å². The van der Waals surface area contributed by atoms with E-state index in [4.69, 9.17) is 0 Å². The van der Waals surface area contributed by atoms with Crippen LogP contribution >= 0.6 is 23.1 Å². The number of hydrogen-bond acceptors (Lipinski definition) is 4. The standard InChI is InChI=1S/C17H18N2O2S2/c1-11(18-17(21)15-7-4-9-22-15)16(20)19-13-8-10-23-14-6-3-2-5-12(13)14/h2-7,9,11,13H,8,10H2,1H3,(H,18,21)(H,19,20)/t11-,13-/m0/s1. The highest BCUT2D eigenvalue weighted by Crippen LogP contribution is 2.35. The van der Waals surface area contributed by atoms with Crippen LogP contribution in [0.3, 0.4) is 0 Å². The van der Waals surface area contributed by atoms with Crippen LogP contribution in [0.15, 0.2) is 46.7 Å². The van der Waals surface area contributed by atoms with Crippen molar-refractivity contribution in [1.82, 2.24) is 10.6 Å². The topological polar surface area (TPSA) is 58.2 Å². The van der Waals surface area contributed by atoms with Gasteiger partial charge in [0.1, 0.15) is 6.04 Å². The van der Waals surface area contributed by atoms with Crippen LogP contribution in [-0.4, -0.2) is 23.6 Å². The second-order valence-electron chi connectivity index (χ2n) is 5.41. The molecule has 2 N–H and O–H groups in total. The Bertz CT molecular complexity index is 700. The van der Waals surface area contributed by atoms with Crippen LogP contribution in [0.2, 0.25) is 0 Å². The maximum Gasteiger partial charge on any atom is 0.261 e. The quantitative estimate of drug-likeness (QED) is 0.894. The Morgan fingerprint density at radius 1 is 1.22 bits per heavy atom. The van der Waals surface area contributed by atoms with Crippen molar-refractivity contribution in [3.63, 3.8) is 0 Å². The molecule has 3 rings (SSSR count). The maximum absolute atomic E-state index is 12.4. The maximum atomic E-state index is 12.4. The van der Waals surface area contributed by atoms with Gasteiger partial charge < -0.3 is 10.6 Å². The molecule has 0 bridgehead atoms. The van der Waals surface area contributed by atoms with Gasteiger partial charge in [0.2, 0.25) is 5.91 Å². The number of carbonyl (C=O) groups is 2. The molecule has 0 saturated carbocycles. The van der Waals surface area contributed by atoms with Crippen LogP contribution in [0.4, 0.5) is 0 Å². The van der Waals surface area contributed by atoms with Crippen LogP contribution in [0.1, 0.15) is 34.6 Å². The van der Waals surface area contributed by atoms with Crippen LogP contribution < -0.4 is 10.6 Å². The van der Waals surface area contributed by atoms with Crippen molar-refractivity contribution in [3.05, 3.63) is 52.2 Å². The monoisotopic (exact) mass is 346 g/mol. The summed E-state index contributed by atoms with van der Waals surface area (Å²) in [6.07, 6.45) is 0.902. The number of amides is 2. The Morgan fingerprint density at radius 3 is 2.83 bits per heavy atom. The molecule has 0 unspecified atom stereocenters. The van der Waals surface area contributed by atoms with Crippen LogP contribution in [0, 0.1) is 0 Å². The predicted octanol–water partition coefficient (Wildman–Crippen LogP) is 3.22. The van der Waals surface area contributed by atoms with Gasteiger partial charge in [-0.05, 0) is 36.4 Å². The minimum atomic E-state index is -0.564. The average molecular weight is 346 g/mol. The lowest BCUT2D eigenvalue weighted by Crippen LogP contribution is -2.46. The van der Waals surface area contributed by atoms with E-state index in [0.29, 0.717) is 4.88 Å². The second-order valence-corrected chi connectivity index (χ2v) is 7.49. The number of thiophene rings is 1. The van der Waals surface area contributed by atoms with Crippen molar-refractivity contribution in [2.75, 3.05) is 5.75 Å². The van der Waals surface area contributed by atoms with Gasteiger partial charge in [-0.2, -0.15) is 0 Å².